The Morgan fingerprint density at radius 1 is 0.460 bits per heavy atom. The molecule has 7 aromatic carbocycles. The molecule has 3 aromatic heterocycles. The van der Waals surface area contributed by atoms with Gasteiger partial charge >= 0.3 is 0 Å². The van der Waals surface area contributed by atoms with Gasteiger partial charge in [-0.2, -0.15) is 9.97 Å². The highest BCUT2D eigenvalue weighted by Crippen LogP contribution is 2.38. The topological polar surface area (TPSA) is 56.7 Å². The van der Waals surface area contributed by atoms with Crippen LogP contribution in [0.2, 0.25) is 0 Å². The Kier molecular flexibility index (Phi) is 4.67. The minimum Gasteiger partial charge on any atom is -0.456 e. The van der Waals surface area contributed by atoms with E-state index in [2.05, 4.69) is 0 Å². The first-order valence-corrected chi connectivity index (χ1v) is 16.0. The second kappa shape index (κ2) is 11.4. The molecule has 0 N–H and O–H groups in total. The van der Waals surface area contributed by atoms with E-state index in [0.29, 0.717) is 22.1 Å². The van der Waals surface area contributed by atoms with Crippen LogP contribution >= 0.6 is 0 Å². The van der Waals surface area contributed by atoms with Crippen molar-refractivity contribution in [3.63, 3.8) is 0 Å². The molecule has 0 fully saturated rings. The highest BCUT2D eigenvalue weighted by Gasteiger charge is 2.21. The number of hydrogen-bond donors (Lipinski definition) is 0. The quantitative estimate of drug-likeness (QED) is 0.186. The normalized spacial score (nSPS) is 14.1. The van der Waals surface area contributed by atoms with Crippen LogP contribution in [0.25, 0.3) is 94.7 Å². The molecule has 0 radical (unpaired) electrons. The highest BCUT2D eigenvalue weighted by molar-refractivity contribution is 6.13. The van der Waals surface area contributed by atoms with E-state index in [9.17, 15) is 1.37 Å². The average molecular weight is 650 g/mol. The summed E-state index contributed by atoms with van der Waals surface area (Å²) >= 11 is 0. The maximum Gasteiger partial charge on any atom is 0.238 e. The summed E-state index contributed by atoms with van der Waals surface area (Å²) in [5.41, 5.74) is 4.88. The monoisotopic (exact) mass is 649 g/mol. The lowest BCUT2D eigenvalue weighted by atomic mass is 10.0. The van der Waals surface area contributed by atoms with Gasteiger partial charge in [-0.25, -0.2) is 4.98 Å². The van der Waals surface area contributed by atoms with Gasteiger partial charge in [0.25, 0.3) is 0 Å². The van der Waals surface area contributed by atoms with E-state index in [-0.39, 0.29) is 57.2 Å². The molecule has 0 aliphatic heterocycles. The van der Waals surface area contributed by atoms with Crippen molar-refractivity contribution in [2.24, 2.45) is 0 Å². The Hall–Kier alpha value is -6.85. The number of aromatic nitrogens is 4. The SMILES string of the molecule is [2H]c1c([2H])c([2H])c(-c2cccc3c4c([2H])c([2H])c([2H])c([2H])c4n(-c4nc(-c5ccc(-c6ccccc6)cc5)nc(-c5ccc6c(c5)oc5ccccc56)n4)c23)c([2H])c1[2H]. The maximum absolute atomic E-state index is 9.23. The van der Waals surface area contributed by atoms with E-state index in [1.165, 1.54) is 4.57 Å². The van der Waals surface area contributed by atoms with E-state index in [4.69, 9.17) is 30.3 Å². The summed E-state index contributed by atoms with van der Waals surface area (Å²) in [7, 11) is 0. The largest absolute Gasteiger partial charge is 0.456 e. The predicted molar refractivity (Wildman–Crippen MR) is 203 cm³/mol. The second-order valence-corrected chi connectivity index (χ2v) is 11.8. The standard InChI is InChI=1S/C45H28N4O/c1-3-12-29(13-4-1)30-22-24-32(25-23-30)43-46-44(33-26-27-37-36-17-8-10-21-40(36)50-41(37)28-33)48-45(47-43)49-39-20-9-7-16-35(39)38-19-11-18-34(42(38)49)31-14-5-2-6-15-31/h1-28H/i2D,5D,6D,7D,9D,14D,15D,16D,20D. The lowest BCUT2D eigenvalue weighted by molar-refractivity contribution is 0.669. The van der Waals surface area contributed by atoms with Crippen LogP contribution < -0.4 is 0 Å². The molecule has 0 saturated heterocycles. The van der Waals surface area contributed by atoms with Crippen molar-refractivity contribution in [1.29, 1.82) is 0 Å². The predicted octanol–water partition coefficient (Wildman–Crippen LogP) is 11.5. The van der Waals surface area contributed by atoms with Gasteiger partial charge in [-0.3, -0.25) is 4.57 Å². The van der Waals surface area contributed by atoms with Gasteiger partial charge in [0, 0.05) is 38.2 Å². The third-order valence-corrected chi connectivity index (χ3v) is 8.90. The van der Waals surface area contributed by atoms with Crippen LogP contribution in [0.3, 0.4) is 0 Å². The van der Waals surface area contributed by atoms with Crippen molar-refractivity contribution >= 4 is 43.7 Å². The van der Waals surface area contributed by atoms with Crippen LogP contribution in [0.4, 0.5) is 0 Å². The van der Waals surface area contributed by atoms with Crippen molar-refractivity contribution in [3.05, 3.63) is 170 Å². The fourth-order valence-electron chi connectivity index (χ4n) is 6.58. The summed E-state index contributed by atoms with van der Waals surface area (Å²) in [6.07, 6.45) is 0. The van der Waals surface area contributed by atoms with Gasteiger partial charge in [-0.05, 0) is 40.9 Å². The first-order chi connectivity index (χ1) is 28.5. The first-order valence-electron chi connectivity index (χ1n) is 20.5. The molecular weight excluding hydrogens is 613 g/mol. The van der Waals surface area contributed by atoms with Crippen LogP contribution in [0.15, 0.2) is 174 Å². The highest BCUT2D eigenvalue weighted by atomic mass is 16.3. The summed E-state index contributed by atoms with van der Waals surface area (Å²) in [4.78, 5) is 14.9. The van der Waals surface area contributed by atoms with E-state index in [0.717, 1.165) is 27.5 Å². The lowest BCUT2D eigenvalue weighted by Crippen LogP contribution is -2.07. The van der Waals surface area contributed by atoms with Gasteiger partial charge in [0.05, 0.1) is 23.4 Å². The minimum atomic E-state index is -0.553. The van der Waals surface area contributed by atoms with Crippen LogP contribution in [0.1, 0.15) is 12.3 Å². The summed E-state index contributed by atoms with van der Waals surface area (Å²) < 4.78 is 86.5. The Balaban J connectivity index is 1.31. The van der Waals surface area contributed by atoms with Crippen molar-refractivity contribution < 1.29 is 16.8 Å². The Bertz CT molecular complexity index is 3350. The first kappa shape index (κ1) is 20.5. The maximum atomic E-state index is 9.23. The fraction of sp³-hybridized carbons (Fsp3) is 0. The molecule has 234 valence electrons. The number of fused-ring (bicyclic) bond motifs is 6. The van der Waals surface area contributed by atoms with Crippen molar-refractivity contribution in [2.75, 3.05) is 0 Å². The van der Waals surface area contributed by atoms with Crippen LogP contribution in [-0.2, 0) is 0 Å². The summed E-state index contributed by atoms with van der Waals surface area (Å²) in [5, 5.41) is 2.34. The minimum absolute atomic E-state index is 0.0216. The number of hydrogen-bond acceptors (Lipinski definition) is 4. The van der Waals surface area contributed by atoms with E-state index < -0.39 is 42.3 Å². The van der Waals surface area contributed by atoms with Gasteiger partial charge in [-0.1, -0.05) is 145 Å². The molecule has 0 atom stereocenters. The number of para-hydroxylation sites is 3. The Morgan fingerprint density at radius 2 is 1.12 bits per heavy atom. The molecule has 0 aliphatic rings. The summed E-state index contributed by atoms with van der Waals surface area (Å²) in [6.45, 7) is 0. The molecule has 0 saturated carbocycles. The van der Waals surface area contributed by atoms with Crippen LogP contribution in [0, 0.1) is 0 Å². The van der Waals surface area contributed by atoms with Crippen molar-refractivity contribution in [2.45, 2.75) is 0 Å². The molecule has 0 bridgehead atoms. The van der Waals surface area contributed by atoms with E-state index in [1.807, 2.05) is 97.1 Å². The van der Waals surface area contributed by atoms with E-state index in [1.54, 1.807) is 18.2 Å². The Labute approximate surface area is 300 Å². The molecule has 10 rings (SSSR count). The van der Waals surface area contributed by atoms with Gasteiger partial charge in [0.1, 0.15) is 11.2 Å². The zero-order valence-corrected chi connectivity index (χ0v) is 26.2. The van der Waals surface area contributed by atoms with Gasteiger partial charge in [-0.15, -0.1) is 0 Å². The number of nitrogens with zero attached hydrogens (tertiary/aromatic N) is 4. The zero-order chi connectivity index (χ0) is 40.9. The molecule has 0 unspecified atom stereocenters. The van der Waals surface area contributed by atoms with Gasteiger partial charge < -0.3 is 4.42 Å². The smallest absolute Gasteiger partial charge is 0.238 e. The Morgan fingerprint density at radius 3 is 1.98 bits per heavy atom. The third-order valence-electron chi connectivity index (χ3n) is 8.90. The van der Waals surface area contributed by atoms with Gasteiger partial charge in [0.2, 0.25) is 5.95 Å². The molecule has 5 nitrogen and oxygen atoms in total. The zero-order valence-electron chi connectivity index (χ0n) is 35.2. The molecule has 3 heterocycles. The van der Waals surface area contributed by atoms with Crippen LogP contribution in [0.5, 0.6) is 0 Å². The summed E-state index contributed by atoms with van der Waals surface area (Å²) in [6, 6.07) is 31.7. The molecule has 0 amide bonds. The third kappa shape index (κ3) is 4.60. The van der Waals surface area contributed by atoms with E-state index >= 15 is 0 Å². The van der Waals surface area contributed by atoms with Crippen molar-refractivity contribution in [1.82, 2.24) is 19.5 Å². The molecule has 10 aromatic rings. The van der Waals surface area contributed by atoms with Crippen molar-refractivity contribution in [3.8, 4) is 51.0 Å². The molecule has 5 heteroatoms. The van der Waals surface area contributed by atoms with Gasteiger partial charge in [0.15, 0.2) is 11.6 Å². The number of rotatable bonds is 5. The van der Waals surface area contributed by atoms with Crippen LogP contribution in [-0.4, -0.2) is 19.5 Å². The lowest BCUT2D eigenvalue weighted by Gasteiger charge is -2.13. The molecule has 0 spiro atoms. The molecular formula is C45H28N4O. The molecule has 50 heavy (non-hydrogen) atoms. The second-order valence-electron chi connectivity index (χ2n) is 11.8. The fourth-order valence-corrected chi connectivity index (χ4v) is 6.58. The number of benzene rings is 7. The summed E-state index contributed by atoms with van der Waals surface area (Å²) in [5.74, 6) is 0.466. The average Bonchev–Trinajstić information content (AvgIpc) is 3.83. The number of furan rings is 1. The molecule has 0 aliphatic carbocycles.